The van der Waals surface area contributed by atoms with Crippen molar-refractivity contribution >= 4 is 22.6 Å². The average molecular weight is 423 g/mol. The molecule has 1 amide bonds. The average Bonchev–Trinajstić information content (AvgIpc) is 2.81. The molecule has 1 N–H and O–H groups in total. The maximum absolute atomic E-state index is 12.8. The highest BCUT2D eigenvalue weighted by Crippen LogP contribution is 2.23. The molecule has 0 saturated carbocycles. The number of methoxy groups -OCH3 is 1. The van der Waals surface area contributed by atoms with Gasteiger partial charge in [-0.15, -0.1) is 0 Å². The van der Waals surface area contributed by atoms with Crippen molar-refractivity contribution in [2.24, 2.45) is 14.1 Å². The summed E-state index contributed by atoms with van der Waals surface area (Å²) in [7, 11) is 4.60. The number of benzene rings is 1. The number of rotatable bonds is 4. The summed E-state index contributed by atoms with van der Waals surface area (Å²) < 4.78 is 7.51. The summed E-state index contributed by atoms with van der Waals surface area (Å²) in [4.78, 5) is 43.8. The van der Waals surface area contributed by atoms with Gasteiger partial charge in [0.1, 0.15) is 17.1 Å². The van der Waals surface area contributed by atoms with Crippen molar-refractivity contribution in [3.8, 4) is 5.75 Å². The molecule has 0 atom stereocenters. The molecule has 3 aromatic rings. The van der Waals surface area contributed by atoms with Gasteiger partial charge in [0.05, 0.1) is 12.5 Å². The van der Waals surface area contributed by atoms with Gasteiger partial charge in [0, 0.05) is 38.9 Å². The number of carbonyl (C=O) groups is 1. The van der Waals surface area contributed by atoms with Gasteiger partial charge < -0.3 is 15.0 Å². The highest BCUT2D eigenvalue weighted by Gasteiger charge is 2.22. The summed E-state index contributed by atoms with van der Waals surface area (Å²) in [6, 6.07) is 11.1. The molecule has 2 aromatic heterocycles. The molecule has 1 aliphatic rings. The van der Waals surface area contributed by atoms with Gasteiger partial charge in [-0.25, -0.2) is 9.78 Å². The molecule has 162 valence electrons. The van der Waals surface area contributed by atoms with E-state index in [4.69, 9.17) is 4.74 Å². The third-order valence-corrected chi connectivity index (χ3v) is 5.80. The lowest BCUT2D eigenvalue weighted by Crippen LogP contribution is -2.45. The van der Waals surface area contributed by atoms with E-state index < -0.39 is 11.2 Å². The largest absolute Gasteiger partial charge is 0.497 e. The minimum atomic E-state index is -0.478. The van der Waals surface area contributed by atoms with Crippen LogP contribution in [-0.4, -0.2) is 46.3 Å². The number of piperidine rings is 1. The Hall–Kier alpha value is -3.62. The fraction of sp³-hybridized carbons (Fsp3) is 0.364. The number of nitrogens with zero attached hydrogens (tertiary/aromatic N) is 4. The number of aryl methyl sites for hydroxylation is 1. The third-order valence-electron chi connectivity index (χ3n) is 5.80. The fourth-order valence-corrected chi connectivity index (χ4v) is 3.92. The number of pyridine rings is 1. The van der Waals surface area contributed by atoms with Crippen molar-refractivity contribution in [3.63, 3.8) is 0 Å². The predicted molar refractivity (Wildman–Crippen MR) is 118 cm³/mol. The molecule has 9 nitrogen and oxygen atoms in total. The number of hydrogen-bond acceptors (Lipinski definition) is 6. The second-order valence-electron chi connectivity index (χ2n) is 7.71. The molecule has 1 aromatic carbocycles. The van der Waals surface area contributed by atoms with Crippen molar-refractivity contribution in [2.45, 2.75) is 18.9 Å². The Labute approximate surface area is 178 Å². The van der Waals surface area contributed by atoms with Gasteiger partial charge in [0.25, 0.3) is 11.5 Å². The van der Waals surface area contributed by atoms with Gasteiger partial charge >= 0.3 is 5.69 Å². The molecule has 0 bridgehead atoms. The van der Waals surface area contributed by atoms with Crippen LogP contribution in [0.25, 0.3) is 11.0 Å². The van der Waals surface area contributed by atoms with Gasteiger partial charge in [-0.2, -0.15) is 0 Å². The molecular formula is C22H25N5O4. The number of fused-ring (bicyclic) bond motifs is 1. The number of hydrogen-bond donors (Lipinski definition) is 1. The highest BCUT2D eigenvalue weighted by molar-refractivity contribution is 5.94. The van der Waals surface area contributed by atoms with E-state index in [0.717, 1.165) is 41.9 Å². The van der Waals surface area contributed by atoms with Crippen LogP contribution in [0.15, 0.2) is 46.0 Å². The predicted octanol–water partition coefficient (Wildman–Crippen LogP) is 1.04. The molecule has 0 aliphatic carbocycles. The van der Waals surface area contributed by atoms with Crippen LogP contribution < -0.4 is 26.2 Å². The molecule has 4 rings (SSSR count). The first-order chi connectivity index (χ1) is 14.9. The van der Waals surface area contributed by atoms with E-state index in [2.05, 4.69) is 15.2 Å². The van der Waals surface area contributed by atoms with Crippen LogP contribution in [0.3, 0.4) is 0 Å². The minimum Gasteiger partial charge on any atom is -0.497 e. The summed E-state index contributed by atoms with van der Waals surface area (Å²) in [5.41, 5.74) is 0.615. The molecule has 0 spiro atoms. The number of nitrogens with one attached hydrogen (secondary N) is 1. The molecule has 0 radical (unpaired) electrons. The van der Waals surface area contributed by atoms with Gasteiger partial charge in [0.2, 0.25) is 0 Å². The van der Waals surface area contributed by atoms with Crippen molar-refractivity contribution in [1.29, 1.82) is 0 Å². The SMILES string of the molecule is COc1ccc(N2CCC(NC(=O)c3ccc4c(=O)n(C)c(=O)n(C)c4n3)CC2)cc1. The second-order valence-corrected chi connectivity index (χ2v) is 7.71. The van der Waals surface area contributed by atoms with E-state index in [-0.39, 0.29) is 23.3 Å². The van der Waals surface area contributed by atoms with Gasteiger partial charge in [-0.3, -0.25) is 18.7 Å². The lowest BCUT2D eigenvalue weighted by Gasteiger charge is -2.34. The zero-order valence-corrected chi connectivity index (χ0v) is 17.8. The molecule has 3 heterocycles. The Morgan fingerprint density at radius 1 is 1.03 bits per heavy atom. The van der Waals surface area contributed by atoms with Crippen LogP contribution >= 0.6 is 0 Å². The van der Waals surface area contributed by atoms with Gasteiger partial charge in [-0.05, 0) is 49.2 Å². The fourth-order valence-electron chi connectivity index (χ4n) is 3.92. The monoisotopic (exact) mass is 423 g/mol. The highest BCUT2D eigenvalue weighted by atomic mass is 16.5. The van der Waals surface area contributed by atoms with Gasteiger partial charge in [0.15, 0.2) is 0 Å². The van der Waals surface area contributed by atoms with Crippen LogP contribution in [0, 0.1) is 0 Å². The summed E-state index contributed by atoms with van der Waals surface area (Å²) in [5.74, 6) is 0.516. The van der Waals surface area contributed by atoms with Crippen molar-refractivity contribution in [1.82, 2.24) is 19.4 Å². The number of aromatic nitrogens is 3. The maximum atomic E-state index is 12.8. The number of ether oxygens (including phenoxy) is 1. The minimum absolute atomic E-state index is 0.0342. The smallest absolute Gasteiger partial charge is 0.332 e. The Morgan fingerprint density at radius 3 is 2.35 bits per heavy atom. The molecule has 9 heteroatoms. The standard InChI is InChI=1S/C22H25N5O4/c1-25-19-17(21(29)26(2)22(25)30)8-9-18(24-19)20(28)23-14-10-12-27(13-11-14)15-4-6-16(31-3)7-5-15/h4-9,14H,10-13H2,1-3H3,(H,23,28). The van der Waals surface area contributed by atoms with E-state index in [1.165, 1.54) is 24.7 Å². The van der Waals surface area contributed by atoms with Crippen LogP contribution in [-0.2, 0) is 14.1 Å². The second kappa shape index (κ2) is 8.25. The van der Waals surface area contributed by atoms with Crippen LogP contribution in [0.2, 0.25) is 0 Å². The van der Waals surface area contributed by atoms with Crippen LogP contribution in [0.4, 0.5) is 5.69 Å². The molecule has 1 fully saturated rings. The van der Waals surface area contributed by atoms with E-state index in [9.17, 15) is 14.4 Å². The maximum Gasteiger partial charge on any atom is 0.332 e. The Kier molecular flexibility index (Phi) is 5.50. The summed E-state index contributed by atoms with van der Waals surface area (Å²) in [6.07, 6.45) is 1.62. The zero-order valence-electron chi connectivity index (χ0n) is 17.8. The molecule has 1 aliphatic heterocycles. The van der Waals surface area contributed by atoms with Gasteiger partial charge in [-0.1, -0.05) is 0 Å². The van der Waals surface area contributed by atoms with Crippen LogP contribution in [0.5, 0.6) is 5.75 Å². The normalized spacial score (nSPS) is 14.6. The van der Waals surface area contributed by atoms with E-state index in [1.807, 2.05) is 24.3 Å². The Morgan fingerprint density at radius 2 is 1.71 bits per heavy atom. The molecule has 31 heavy (non-hydrogen) atoms. The van der Waals surface area contributed by atoms with E-state index in [0.29, 0.717) is 5.39 Å². The van der Waals surface area contributed by atoms with Crippen molar-refractivity contribution < 1.29 is 9.53 Å². The molecular weight excluding hydrogens is 398 g/mol. The quantitative estimate of drug-likeness (QED) is 0.673. The van der Waals surface area contributed by atoms with Crippen LogP contribution in [0.1, 0.15) is 23.3 Å². The first kappa shape index (κ1) is 20.6. The number of anilines is 1. The topological polar surface area (TPSA) is 98.5 Å². The van der Waals surface area contributed by atoms with E-state index in [1.54, 1.807) is 13.2 Å². The summed E-state index contributed by atoms with van der Waals surface area (Å²) in [5, 5.41) is 3.33. The van der Waals surface area contributed by atoms with E-state index >= 15 is 0 Å². The third kappa shape index (κ3) is 3.90. The summed E-state index contributed by atoms with van der Waals surface area (Å²) in [6.45, 7) is 1.65. The molecule has 1 saturated heterocycles. The lowest BCUT2D eigenvalue weighted by molar-refractivity contribution is 0.0926. The van der Waals surface area contributed by atoms with Crippen molar-refractivity contribution in [2.75, 3.05) is 25.1 Å². The van der Waals surface area contributed by atoms with Crippen molar-refractivity contribution in [3.05, 3.63) is 62.9 Å². The lowest BCUT2D eigenvalue weighted by atomic mass is 10.0. The summed E-state index contributed by atoms with van der Waals surface area (Å²) >= 11 is 0. The first-order valence-corrected chi connectivity index (χ1v) is 10.2. The number of carbonyl (C=O) groups excluding carboxylic acids is 1. The Bertz CT molecular complexity index is 1240. The zero-order chi connectivity index (χ0) is 22.1. The molecule has 0 unspecified atom stereocenters. The number of amides is 1. The Balaban J connectivity index is 1.45. The first-order valence-electron chi connectivity index (χ1n) is 10.2.